The highest BCUT2D eigenvalue weighted by Gasteiger charge is 2.33. The second-order valence-electron chi connectivity index (χ2n) is 4.22. The second-order valence-corrected chi connectivity index (χ2v) is 5.00. The van der Waals surface area contributed by atoms with Crippen LogP contribution in [0.2, 0.25) is 0 Å². The number of aromatic nitrogens is 3. The van der Waals surface area contributed by atoms with E-state index < -0.39 is 17.6 Å². The van der Waals surface area contributed by atoms with Crippen LogP contribution in [0.4, 0.5) is 24.8 Å². The van der Waals surface area contributed by atoms with Gasteiger partial charge in [-0.15, -0.1) is 10.2 Å². The van der Waals surface area contributed by atoms with E-state index >= 15 is 0 Å². The molecule has 1 amide bonds. The van der Waals surface area contributed by atoms with Crippen molar-refractivity contribution >= 4 is 29.3 Å². The van der Waals surface area contributed by atoms with Gasteiger partial charge < -0.3 is 11.1 Å². The van der Waals surface area contributed by atoms with E-state index in [9.17, 15) is 18.0 Å². The van der Waals surface area contributed by atoms with Gasteiger partial charge in [-0.2, -0.15) is 13.2 Å². The SMILES string of the molecule is CSc1nnc(N)n1CC(=O)Nc1ccccc1C(F)(F)F. The maximum Gasteiger partial charge on any atom is 0.418 e. The third-order valence-electron chi connectivity index (χ3n) is 2.74. The molecular weight excluding hydrogens is 319 g/mol. The van der Waals surface area contributed by atoms with Gasteiger partial charge in [0, 0.05) is 0 Å². The number of para-hydroxylation sites is 1. The summed E-state index contributed by atoms with van der Waals surface area (Å²) in [6, 6.07) is 4.75. The summed E-state index contributed by atoms with van der Waals surface area (Å²) in [5, 5.41) is 9.99. The number of benzene rings is 1. The van der Waals surface area contributed by atoms with E-state index in [1.54, 1.807) is 6.26 Å². The summed E-state index contributed by atoms with van der Waals surface area (Å²) in [6.45, 7) is -0.277. The fourth-order valence-corrected chi connectivity index (χ4v) is 2.27. The number of alkyl halides is 3. The van der Waals surface area contributed by atoms with Crippen LogP contribution in [0.3, 0.4) is 0 Å². The number of carbonyl (C=O) groups excluding carboxylic acids is 1. The standard InChI is InChI=1S/C12H12F3N5OS/c1-22-11-19-18-10(16)20(11)6-9(21)17-8-5-3-2-4-7(8)12(13,14)15/h2-5H,6H2,1H3,(H2,16,18)(H,17,21). The molecule has 0 saturated carbocycles. The van der Waals surface area contributed by atoms with Gasteiger partial charge >= 0.3 is 6.18 Å². The maximum absolute atomic E-state index is 12.9. The van der Waals surface area contributed by atoms with Crippen molar-refractivity contribution in [2.45, 2.75) is 17.9 Å². The summed E-state index contributed by atoms with van der Waals surface area (Å²) < 4.78 is 39.9. The van der Waals surface area contributed by atoms with E-state index in [-0.39, 0.29) is 18.2 Å². The normalized spacial score (nSPS) is 11.5. The first kappa shape index (κ1) is 16.1. The minimum Gasteiger partial charge on any atom is -0.368 e. The molecule has 0 bridgehead atoms. The average molecular weight is 331 g/mol. The molecule has 0 spiro atoms. The number of thioether (sulfide) groups is 1. The van der Waals surface area contributed by atoms with Gasteiger partial charge in [-0.3, -0.25) is 9.36 Å². The van der Waals surface area contributed by atoms with Crippen molar-refractivity contribution < 1.29 is 18.0 Å². The Morgan fingerprint density at radius 3 is 2.68 bits per heavy atom. The molecule has 1 aromatic carbocycles. The van der Waals surface area contributed by atoms with E-state index in [0.717, 1.165) is 6.07 Å². The van der Waals surface area contributed by atoms with E-state index in [0.29, 0.717) is 5.16 Å². The van der Waals surface area contributed by atoms with Gasteiger partial charge in [-0.25, -0.2) is 0 Å². The Morgan fingerprint density at radius 1 is 1.36 bits per heavy atom. The number of rotatable bonds is 4. The van der Waals surface area contributed by atoms with Gasteiger partial charge in [-0.05, 0) is 18.4 Å². The van der Waals surface area contributed by atoms with E-state index in [4.69, 9.17) is 5.73 Å². The van der Waals surface area contributed by atoms with Gasteiger partial charge in [0.1, 0.15) is 6.54 Å². The Bertz CT molecular complexity index is 686. The quantitative estimate of drug-likeness (QED) is 0.839. The van der Waals surface area contributed by atoms with Crippen LogP contribution in [-0.2, 0) is 17.5 Å². The largest absolute Gasteiger partial charge is 0.418 e. The molecule has 0 fully saturated rings. The van der Waals surface area contributed by atoms with Gasteiger partial charge in [0.05, 0.1) is 11.3 Å². The molecule has 2 rings (SSSR count). The van der Waals surface area contributed by atoms with Gasteiger partial charge in [-0.1, -0.05) is 23.9 Å². The summed E-state index contributed by atoms with van der Waals surface area (Å²) in [7, 11) is 0. The van der Waals surface area contributed by atoms with Crippen LogP contribution < -0.4 is 11.1 Å². The smallest absolute Gasteiger partial charge is 0.368 e. The van der Waals surface area contributed by atoms with Crippen LogP contribution in [0.25, 0.3) is 0 Å². The number of halogens is 3. The van der Waals surface area contributed by atoms with E-state index in [1.165, 1.54) is 34.5 Å². The zero-order valence-electron chi connectivity index (χ0n) is 11.4. The highest BCUT2D eigenvalue weighted by atomic mass is 32.2. The zero-order chi connectivity index (χ0) is 16.3. The summed E-state index contributed by atoms with van der Waals surface area (Å²) in [6.07, 6.45) is -2.83. The lowest BCUT2D eigenvalue weighted by atomic mass is 10.1. The minimum absolute atomic E-state index is 0.0172. The van der Waals surface area contributed by atoms with Gasteiger partial charge in [0.2, 0.25) is 11.9 Å². The number of nitrogens with two attached hydrogens (primary N) is 1. The first-order valence-corrected chi connectivity index (χ1v) is 7.24. The number of hydrogen-bond acceptors (Lipinski definition) is 5. The number of carbonyl (C=O) groups is 1. The van der Waals surface area contributed by atoms with Gasteiger partial charge in [0.25, 0.3) is 0 Å². The third-order valence-corrected chi connectivity index (χ3v) is 3.40. The fourth-order valence-electron chi connectivity index (χ4n) is 1.77. The summed E-state index contributed by atoms with van der Waals surface area (Å²) in [5.41, 5.74) is 4.35. The molecule has 118 valence electrons. The molecule has 0 aliphatic rings. The summed E-state index contributed by atoms with van der Waals surface area (Å²) in [4.78, 5) is 12.0. The van der Waals surface area contributed by atoms with Crippen molar-refractivity contribution in [3.63, 3.8) is 0 Å². The first-order valence-electron chi connectivity index (χ1n) is 6.01. The maximum atomic E-state index is 12.9. The molecule has 2 aromatic rings. The predicted molar refractivity (Wildman–Crippen MR) is 76.3 cm³/mol. The molecule has 0 aliphatic carbocycles. The number of amides is 1. The first-order chi connectivity index (χ1) is 10.3. The minimum atomic E-state index is -4.55. The molecule has 22 heavy (non-hydrogen) atoms. The molecule has 0 saturated heterocycles. The molecule has 0 radical (unpaired) electrons. The molecule has 1 aromatic heterocycles. The Labute approximate surface area is 127 Å². The molecule has 3 N–H and O–H groups in total. The zero-order valence-corrected chi connectivity index (χ0v) is 12.2. The highest BCUT2D eigenvalue weighted by Crippen LogP contribution is 2.34. The second kappa shape index (κ2) is 6.26. The number of nitrogen functional groups attached to an aromatic ring is 1. The Balaban J connectivity index is 2.18. The Kier molecular flexibility index (Phi) is 4.59. The molecule has 10 heteroatoms. The predicted octanol–water partition coefficient (Wildman–Crippen LogP) is 2.24. The molecule has 0 aliphatic heterocycles. The lowest BCUT2D eigenvalue weighted by Gasteiger charge is -2.14. The van der Waals surface area contributed by atoms with E-state index in [1.807, 2.05) is 0 Å². The molecule has 6 nitrogen and oxygen atoms in total. The third kappa shape index (κ3) is 3.50. The average Bonchev–Trinajstić information content (AvgIpc) is 2.79. The fraction of sp³-hybridized carbons (Fsp3) is 0.250. The number of nitrogens with zero attached hydrogens (tertiary/aromatic N) is 3. The Hall–Kier alpha value is -2.23. The van der Waals surface area contributed by atoms with Crippen molar-refractivity contribution in [2.75, 3.05) is 17.3 Å². The van der Waals surface area contributed by atoms with Crippen LogP contribution >= 0.6 is 11.8 Å². The van der Waals surface area contributed by atoms with E-state index in [2.05, 4.69) is 15.5 Å². The van der Waals surface area contributed by atoms with Crippen molar-refractivity contribution in [1.29, 1.82) is 0 Å². The van der Waals surface area contributed by atoms with Crippen LogP contribution in [0.15, 0.2) is 29.4 Å². The monoisotopic (exact) mass is 331 g/mol. The van der Waals surface area contributed by atoms with Crippen molar-refractivity contribution in [2.24, 2.45) is 0 Å². The van der Waals surface area contributed by atoms with Gasteiger partial charge in [0.15, 0.2) is 5.16 Å². The molecule has 0 unspecified atom stereocenters. The van der Waals surface area contributed by atoms with Crippen LogP contribution in [0.5, 0.6) is 0 Å². The lowest BCUT2D eigenvalue weighted by Crippen LogP contribution is -2.22. The van der Waals surface area contributed by atoms with Crippen LogP contribution in [0, 0.1) is 0 Å². The number of nitrogens with one attached hydrogen (secondary N) is 1. The molecule has 1 heterocycles. The van der Waals surface area contributed by atoms with Crippen LogP contribution in [-0.4, -0.2) is 26.9 Å². The number of anilines is 2. The lowest BCUT2D eigenvalue weighted by molar-refractivity contribution is -0.137. The highest BCUT2D eigenvalue weighted by molar-refractivity contribution is 7.98. The summed E-state index contributed by atoms with van der Waals surface area (Å²) >= 11 is 1.22. The molecule has 0 atom stereocenters. The van der Waals surface area contributed by atoms with Crippen LogP contribution in [0.1, 0.15) is 5.56 Å². The van der Waals surface area contributed by atoms with Crippen molar-refractivity contribution in [3.8, 4) is 0 Å². The Morgan fingerprint density at radius 2 is 2.05 bits per heavy atom. The summed E-state index contributed by atoms with van der Waals surface area (Å²) in [5.74, 6) is -0.637. The van der Waals surface area contributed by atoms with Crippen molar-refractivity contribution in [1.82, 2.24) is 14.8 Å². The molecular formula is C12H12F3N5OS. The topological polar surface area (TPSA) is 85.8 Å². The number of hydrogen-bond donors (Lipinski definition) is 2. The van der Waals surface area contributed by atoms with Crippen molar-refractivity contribution in [3.05, 3.63) is 29.8 Å².